The summed E-state index contributed by atoms with van der Waals surface area (Å²) < 4.78 is 24.0. The van der Waals surface area contributed by atoms with Crippen molar-refractivity contribution in [2.45, 2.75) is 39.2 Å². The molecule has 0 atom stereocenters. The van der Waals surface area contributed by atoms with Crippen LogP contribution in [0.3, 0.4) is 0 Å². The van der Waals surface area contributed by atoms with E-state index in [4.69, 9.17) is 9.47 Å². The standard InChI is InChI=1S/C21H24FNO4S/c1-3-23(11-14-8-9-18(26-2)17(22)10-14)20(24)12-27-21(25)16-13-28-19-7-5-4-6-15(16)19/h8-10,13H,3-7,11-12H2,1-2H3. The highest BCUT2D eigenvalue weighted by molar-refractivity contribution is 7.10. The Morgan fingerprint density at radius 2 is 2.04 bits per heavy atom. The number of ether oxygens (including phenoxy) is 2. The van der Waals surface area contributed by atoms with Gasteiger partial charge in [0.15, 0.2) is 18.2 Å². The van der Waals surface area contributed by atoms with Crippen LogP contribution in [0.2, 0.25) is 0 Å². The van der Waals surface area contributed by atoms with Crippen LogP contribution >= 0.6 is 11.3 Å². The highest BCUT2D eigenvalue weighted by Crippen LogP contribution is 2.30. The van der Waals surface area contributed by atoms with Crippen molar-refractivity contribution in [2.24, 2.45) is 0 Å². The third kappa shape index (κ3) is 4.52. The van der Waals surface area contributed by atoms with Gasteiger partial charge >= 0.3 is 5.97 Å². The van der Waals surface area contributed by atoms with Crippen molar-refractivity contribution >= 4 is 23.2 Å². The Balaban J connectivity index is 1.59. The van der Waals surface area contributed by atoms with Crippen LogP contribution in [0.4, 0.5) is 4.39 Å². The maximum absolute atomic E-state index is 13.9. The molecule has 0 spiro atoms. The van der Waals surface area contributed by atoms with Crippen molar-refractivity contribution in [1.82, 2.24) is 4.90 Å². The molecule has 0 saturated heterocycles. The number of benzene rings is 1. The summed E-state index contributed by atoms with van der Waals surface area (Å²) in [5, 5.41) is 1.83. The van der Waals surface area contributed by atoms with E-state index in [0.717, 1.165) is 31.2 Å². The van der Waals surface area contributed by atoms with Crippen molar-refractivity contribution < 1.29 is 23.5 Å². The molecule has 150 valence electrons. The lowest BCUT2D eigenvalue weighted by Crippen LogP contribution is -2.34. The van der Waals surface area contributed by atoms with E-state index in [-0.39, 0.29) is 24.8 Å². The molecule has 28 heavy (non-hydrogen) atoms. The number of hydrogen-bond donors (Lipinski definition) is 0. The Morgan fingerprint density at radius 3 is 2.75 bits per heavy atom. The lowest BCUT2D eigenvalue weighted by atomic mass is 9.96. The molecule has 1 aromatic carbocycles. The van der Waals surface area contributed by atoms with Gasteiger partial charge in [-0.05, 0) is 55.9 Å². The molecule has 1 amide bonds. The van der Waals surface area contributed by atoms with Gasteiger partial charge in [-0.2, -0.15) is 0 Å². The molecular formula is C21H24FNO4S. The zero-order chi connectivity index (χ0) is 20.1. The van der Waals surface area contributed by atoms with E-state index in [1.165, 1.54) is 29.0 Å². The number of rotatable bonds is 7. The number of carbonyl (C=O) groups is 2. The van der Waals surface area contributed by atoms with Gasteiger partial charge in [-0.15, -0.1) is 11.3 Å². The minimum absolute atomic E-state index is 0.158. The summed E-state index contributed by atoms with van der Waals surface area (Å²) in [5.41, 5.74) is 2.31. The average molecular weight is 405 g/mol. The number of nitrogens with zero attached hydrogens (tertiary/aromatic N) is 1. The SMILES string of the molecule is CCN(Cc1ccc(OC)c(F)c1)C(=O)COC(=O)c1csc2c1CCCC2. The summed E-state index contributed by atoms with van der Waals surface area (Å²) in [4.78, 5) is 27.7. The van der Waals surface area contributed by atoms with E-state index in [0.29, 0.717) is 17.7 Å². The van der Waals surface area contributed by atoms with E-state index in [2.05, 4.69) is 0 Å². The minimum Gasteiger partial charge on any atom is -0.494 e. The Bertz CT molecular complexity index is 864. The first-order valence-corrected chi connectivity index (χ1v) is 10.3. The molecule has 0 bridgehead atoms. The Labute approximate surface area is 168 Å². The first-order chi connectivity index (χ1) is 13.5. The predicted octanol–water partition coefficient (Wildman–Crippen LogP) is 3.98. The topological polar surface area (TPSA) is 55.8 Å². The van der Waals surface area contributed by atoms with Gasteiger partial charge in [-0.25, -0.2) is 9.18 Å². The Kier molecular flexibility index (Phi) is 6.67. The smallest absolute Gasteiger partial charge is 0.339 e. The number of halogens is 1. The van der Waals surface area contributed by atoms with Gasteiger partial charge in [0.25, 0.3) is 5.91 Å². The van der Waals surface area contributed by atoms with Crippen molar-refractivity contribution in [3.05, 3.63) is 51.0 Å². The van der Waals surface area contributed by atoms with E-state index in [1.54, 1.807) is 17.4 Å². The van der Waals surface area contributed by atoms with E-state index >= 15 is 0 Å². The van der Waals surface area contributed by atoms with Gasteiger partial charge in [-0.1, -0.05) is 6.07 Å². The molecule has 5 nitrogen and oxygen atoms in total. The zero-order valence-electron chi connectivity index (χ0n) is 16.1. The largest absolute Gasteiger partial charge is 0.494 e. The van der Waals surface area contributed by atoms with Crippen LogP contribution in [0.25, 0.3) is 0 Å². The van der Waals surface area contributed by atoms with Crippen molar-refractivity contribution in [1.29, 1.82) is 0 Å². The molecule has 2 aromatic rings. The minimum atomic E-state index is -0.475. The summed E-state index contributed by atoms with van der Waals surface area (Å²) >= 11 is 1.59. The summed E-state index contributed by atoms with van der Waals surface area (Å²) in [5.74, 6) is -1.07. The summed E-state index contributed by atoms with van der Waals surface area (Å²) in [6.07, 6.45) is 4.12. The number of esters is 1. The van der Waals surface area contributed by atoms with Crippen LogP contribution in [0.1, 0.15) is 46.1 Å². The fourth-order valence-corrected chi connectivity index (χ4v) is 4.48. The third-order valence-electron chi connectivity index (χ3n) is 4.93. The van der Waals surface area contributed by atoms with Crippen molar-refractivity contribution in [3.8, 4) is 5.75 Å². The lowest BCUT2D eigenvalue weighted by Gasteiger charge is -2.21. The normalized spacial score (nSPS) is 13.0. The monoisotopic (exact) mass is 405 g/mol. The van der Waals surface area contributed by atoms with Crippen LogP contribution in [-0.4, -0.2) is 37.0 Å². The molecule has 0 N–H and O–H groups in total. The summed E-state index contributed by atoms with van der Waals surface area (Å²) in [7, 11) is 1.40. The van der Waals surface area contributed by atoms with Crippen LogP contribution in [-0.2, 0) is 28.9 Å². The number of amides is 1. The van der Waals surface area contributed by atoms with E-state index in [1.807, 2.05) is 12.3 Å². The molecule has 1 heterocycles. The quantitative estimate of drug-likeness (QED) is 0.654. The average Bonchev–Trinajstić information content (AvgIpc) is 3.14. The number of thiophene rings is 1. The van der Waals surface area contributed by atoms with Gasteiger partial charge in [-0.3, -0.25) is 4.79 Å². The zero-order valence-corrected chi connectivity index (χ0v) is 16.9. The molecular weight excluding hydrogens is 381 g/mol. The fraction of sp³-hybridized carbons (Fsp3) is 0.429. The second-order valence-electron chi connectivity index (χ2n) is 6.71. The molecule has 0 fully saturated rings. The molecule has 1 aliphatic rings. The number of fused-ring (bicyclic) bond motifs is 1. The van der Waals surface area contributed by atoms with E-state index in [9.17, 15) is 14.0 Å². The van der Waals surface area contributed by atoms with Gasteiger partial charge in [0, 0.05) is 23.3 Å². The van der Waals surface area contributed by atoms with Crippen LogP contribution < -0.4 is 4.74 Å². The molecule has 1 aliphatic carbocycles. The molecule has 7 heteroatoms. The Morgan fingerprint density at radius 1 is 1.25 bits per heavy atom. The van der Waals surface area contributed by atoms with Crippen molar-refractivity contribution in [2.75, 3.05) is 20.3 Å². The second-order valence-corrected chi connectivity index (χ2v) is 7.68. The number of likely N-dealkylation sites (N-methyl/N-ethyl adjacent to an activating group) is 1. The number of carbonyl (C=O) groups excluding carboxylic acids is 2. The predicted molar refractivity (Wildman–Crippen MR) is 105 cm³/mol. The maximum atomic E-state index is 13.9. The first-order valence-electron chi connectivity index (χ1n) is 9.40. The lowest BCUT2D eigenvalue weighted by molar-refractivity contribution is -0.134. The summed E-state index contributed by atoms with van der Waals surface area (Å²) in [6.45, 7) is 2.17. The van der Waals surface area contributed by atoms with Gasteiger partial charge in [0.05, 0.1) is 12.7 Å². The van der Waals surface area contributed by atoms with Gasteiger partial charge < -0.3 is 14.4 Å². The number of hydrogen-bond acceptors (Lipinski definition) is 5. The molecule has 1 aromatic heterocycles. The first kappa shape index (κ1) is 20.3. The molecule has 0 radical (unpaired) electrons. The fourth-order valence-electron chi connectivity index (χ4n) is 3.37. The van der Waals surface area contributed by atoms with E-state index < -0.39 is 11.8 Å². The molecule has 0 aliphatic heterocycles. The van der Waals surface area contributed by atoms with Crippen LogP contribution in [0.5, 0.6) is 5.75 Å². The van der Waals surface area contributed by atoms with Crippen molar-refractivity contribution in [3.63, 3.8) is 0 Å². The molecule has 0 saturated carbocycles. The number of methoxy groups -OCH3 is 1. The van der Waals surface area contributed by atoms with Crippen LogP contribution in [0.15, 0.2) is 23.6 Å². The number of aryl methyl sites for hydroxylation is 1. The van der Waals surface area contributed by atoms with Crippen LogP contribution in [0, 0.1) is 5.82 Å². The molecule has 0 unspecified atom stereocenters. The highest BCUT2D eigenvalue weighted by atomic mass is 32.1. The third-order valence-corrected chi connectivity index (χ3v) is 6.02. The maximum Gasteiger partial charge on any atom is 0.339 e. The Hall–Kier alpha value is -2.41. The van der Waals surface area contributed by atoms with Gasteiger partial charge in [0.2, 0.25) is 0 Å². The highest BCUT2D eigenvalue weighted by Gasteiger charge is 2.22. The van der Waals surface area contributed by atoms with Gasteiger partial charge in [0.1, 0.15) is 0 Å². The second kappa shape index (κ2) is 9.19. The molecule has 3 rings (SSSR count). The summed E-state index contributed by atoms with van der Waals surface area (Å²) in [6, 6.07) is 4.59.